The van der Waals surface area contributed by atoms with Gasteiger partial charge in [-0.3, -0.25) is 4.79 Å². The van der Waals surface area contributed by atoms with Crippen LogP contribution in [0, 0.1) is 0 Å². The van der Waals surface area contributed by atoms with Crippen LogP contribution in [0.3, 0.4) is 0 Å². The highest BCUT2D eigenvalue weighted by molar-refractivity contribution is 5.80. The van der Waals surface area contributed by atoms with Gasteiger partial charge in [-0.15, -0.1) is 0 Å². The number of phenolic OH excluding ortho intramolecular Hbond substituents is 1. The average Bonchev–Trinajstić information content (AvgIpc) is 2.64. The van der Waals surface area contributed by atoms with Gasteiger partial charge in [-0.05, 0) is 54.6 Å². The molecule has 4 nitrogen and oxygen atoms in total. The third-order valence-electron chi connectivity index (χ3n) is 3.83. The van der Waals surface area contributed by atoms with Crippen molar-refractivity contribution >= 4 is 11.0 Å². The van der Waals surface area contributed by atoms with Gasteiger partial charge in [0.25, 0.3) is 0 Å². The Hall–Kier alpha value is -3.53. The number of ether oxygens (including phenoxy) is 1. The van der Waals surface area contributed by atoms with E-state index in [1.165, 1.54) is 18.2 Å². The number of hydrogen-bond donors (Lipinski definition) is 1. The third kappa shape index (κ3) is 3.10. The molecule has 25 heavy (non-hydrogen) atoms. The molecule has 1 heterocycles. The van der Waals surface area contributed by atoms with Crippen molar-refractivity contribution < 1.29 is 14.3 Å². The summed E-state index contributed by atoms with van der Waals surface area (Å²) in [6.45, 7) is 0. The zero-order valence-electron chi connectivity index (χ0n) is 13.2. The van der Waals surface area contributed by atoms with E-state index >= 15 is 0 Å². The van der Waals surface area contributed by atoms with Crippen LogP contribution in [0.4, 0.5) is 0 Å². The maximum atomic E-state index is 12.2. The lowest BCUT2D eigenvalue weighted by Crippen LogP contribution is -2.00. The Morgan fingerprint density at radius 2 is 1.52 bits per heavy atom. The smallest absolute Gasteiger partial charge is 0.193 e. The molecule has 4 aromatic rings. The molecule has 0 fully saturated rings. The predicted octanol–water partition coefficient (Wildman–Crippen LogP) is 4.96. The van der Waals surface area contributed by atoms with Gasteiger partial charge in [0, 0.05) is 11.6 Å². The molecule has 1 aromatic heterocycles. The van der Waals surface area contributed by atoms with Gasteiger partial charge in [-0.2, -0.15) is 0 Å². The van der Waals surface area contributed by atoms with Crippen molar-refractivity contribution in [2.24, 2.45) is 0 Å². The second-order valence-electron chi connectivity index (χ2n) is 5.59. The van der Waals surface area contributed by atoms with E-state index in [1.807, 2.05) is 54.6 Å². The van der Waals surface area contributed by atoms with Gasteiger partial charge in [0.1, 0.15) is 28.6 Å². The Labute approximate surface area is 143 Å². The van der Waals surface area contributed by atoms with Gasteiger partial charge in [0.05, 0.1) is 5.39 Å². The zero-order valence-corrected chi connectivity index (χ0v) is 13.2. The summed E-state index contributed by atoms with van der Waals surface area (Å²) < 4.78 is 11.5. The molecule has 0 saturated carbocycles. The first kappa shape index (κ1) is 15.0. The first-order valence-corrected chi connectivity index (χ1v) is 7.79. The van der Waals surface area contributed by atoms with Gasteiger partial charge in [-0.25, -0.2) is 0 Å². The highest BCUT2D eigenvalue weighted by Crippen LogP contribution is 2.27. The van der Waals surface area contributed by atoms with E-state index in [0.29, 0.717) is 22.5 Å². The number of hydrogen-bond acceptors (Lipinski definition) is 4. The Bertz CT molecular complexity index is 1080. The maximum Gasteiger partial charge on any atom is 0.193 e. The fourth-order valence-corrected chi connectivity index (χ4v) is 2.60. The van der Waals surface area contributed by atoms with Crippen LogP contribution < -0.4 is 10.2 Å². The van der Waals surface area contributed by atoms with Gasteiger partial charge in [0.2, 0.25) is 0 Å². The molecule has 3 aromatic carbocycles. The van der Waals surface area contributed by atoms with E-state index in [2.05, 4.69) is 0 Å². The highest BCUT2D eigenvalue weighted by Gasteiger charge is 2.08. The SMILES string of the molecule is O=c1cc(-c2ccc(Oc3ccccc3)cc2)oc2ccc(O)cc12. The van der Waals surface area contributed by atoms with Gasteiger partial charge in [-0.1, -0.05) is 18.2 Å². The van der Waals surface area contributed by atoms with Crippen LogP contribution in [0.25, 0.3) is 22.3 Å². The third-order valence-corrected chi connectivity index (χ3v) is 3.83. The number of benzene rings is 3. The Morgan fingerprint density at radius 1 is 0.800 bits per heavy atom. The molecule has 122 valence electrons. The second-order valence-corrected chi connectivity index (χ2v) is 5.59. The van der Waals surface area contributed by atoms with Gasteiger partial charge >= 0.3 is 0 Å². The van der Waals surface area contributed by atoms with Crippen LogP contribution in [0.5, 0.6) is 17.2 Å². The van der Waals surface area contributed by atoms with Crippen molar-refractivity contribution in [2.75, 3.05) is 0 Å². The average molecular weight is 330 g/mol. The van der Waals surface area contributed by atoms with E-state index in [9.17, 15) is 9.90 Å². The van der Waals surface area contributed by atoms with E-state index < -0.39 is 0 Å². The minimum atomic E-state index is -0.197. The monoisotopic (exact) mass is 330 g/mol. The molecule has 0 amide bonds. The summed E-state index contributed by atoms with van der Waals surface area (Å²) in [6.07, 6.45) is 0. The molecule has 4 rings (SSSR count). The van der Waals surface area contributed by atoms with E-state index in [1.54, 1.807) is 6.07 Å². The standard InChI is InChI=1S/C21H14O4/c22-15-8-11-20-18(12-15)19(23)13-21(25-20)14-6-9-17(10-7-14)24-16-4-2-1-3-5-16/h1-13,22H. The van der Waals surface area contributed by atoms with Crippen molar-refractivity contribution in [1.82, 2.24) is 0 Å². The van der Waals surface area contributed by atoms with Crippen LogP contribution in [0.1, 0.15) is 0 Å². The minimum absolute atomic E-state index is 0.0370. The molecule has 0 saturated heterocycles. The van der Waals surface area contributed by atoms with Gasteiger partial charge < -0.3 is 14.3 Å². The first-order chi connectivity index (χ1) is 12.2. The Balaban J connectivity index is 1.67. The molecule has 4 heteroatoms. The molecule has 0 aliphatic rings. The molecule has 0 spiro atoms. The van der Waals surface area contributed by atoms with E-state index in [4.69, 9.17) is 9.15 Å². The lowest BCUT2D eigenvalue weighted by Gasteiger charge is -2.07. The molecule has 0 unspecified atom stereocenters. The van der Waals surface area contributed by atoms with Crippen molar-refractivity contribution in [1.29, 1.82) is 0 Å². The Morgan fingerprint density at radius 3 is 2.28 bits per heavy atom. The van der Waals surface area contributed by atoms with Crippen LogP contribution in [-0.4, -0.2) is 5.11 Å². The highest BCUT2D eigenvalue weighted by atomic mass is 16.5. The maximum absolute atomic E-state index is 12.2. The molecular weight excluding hydrogens is 316 g/mol. The number of fused-ring (bicyclic) bond motifs is 1. The molecule has 0 bridgehead atoms. The lowest BCUT2D eigenvalue weighted by molar-refractivity contribution is 0.475. The Kier molecular flexibility index (Phi) is 3.71. The number of phenols is 1. The molecular formula is C21H14O4. The van der Waals surface area contributed by atoms with Crippen molar-refractivity contribution in [3.05, 3.63) is 89.1 Å². The first-order valence-electron chi connectivity index (χ1n) is 7.79. The topological polar surface area (TPSA) is 59.7 Å². The van der Waals surface area contributed by atoms with Crippen molar-refractivity contribution in [3.63, 3.8) is 0 Å². The van der Waals surface area contributed by atoms with Crippen LogP contribution in [0.15, 0.2) is 88.1 Å². The minimum Gasteiger partial charge on any atom is -0.508 e. The van der Waals surface area contributed by atoms with Crippen LogP contribution >= 0.6 is 0 Å². The molecule has 0 atom stereocenters. The normalized spacial score (nSPS) is 10.7. The fraction of sp³-hybridized carbons (Fsp3) is 0. The lowest BCUT2D eigenvalue weighted by atomic mass is 10.1. The summed E-state index contributed by atoms with van der Waals surface area (Å²) in [6, 6.07) is 22.7. The zero-order chi connectivity index (χ0) is 17.2. The second kappa shape index (κ2) is 6.17. The van der Waals surface area contributed by atoms with E-state index in [0.717, 1.165) is 11.3 Å². The summed E-state index contributed by atoms with van der Waals surface area (Å²) in [7, 11) is 0. The molecule has 1 N–H and O–H groups in total. The largest absolute Gasteiger partial charge is 0.508 e. The summed E-state index contributed by atoms with van der Waals surface area (Å²) >= 11 is 0. The molecule has 0 aliphatic carbocycles. The fourth-order valence-electron chi connectivity index (χ4n) is 2.60. The van der Waals surface area contributed by atoms with Crippen molar-refractivity contribution in [3.8, 4) is 28.6 Å². The van der Waals surface area contributed by atoms with Gasteiger partial charge in [0.15, 0.2) is 5.43 Å². The van der Waals surface area contributed by atoms with E-state index in [-0.39, 0.29) is 11.2 Å². The number of para-hydroxylation sites is 1. The number of aromatic hydroxyl groups is 1. The van der Waals surface area contributed by atoms with Crippen molar-refractivity contribution in [2.45, 2.75) is 0 Å². The van der Waals surface area contributed by atoms with Crippen LogP contribution in [-0.2, 0) is 0 Å². The summed E-state index contributed by atoms with van der Waals surface area (Å²) in [5.74, 6) is 1.96. The molecule has 0 aliphatic heterocycles. The summed E-state index contributed by atoms with van der Waals surface area (Å²) in [5.41, 5.74) is 1.01. The predicted molar refractivity (Wildman–Crippen MR) is 96.1 cm³/mol. The molecule has 0 radical (unpaired) electrons. The number of rotatable bonds is 3. The quantitative estimate of drug-likeness (QED) is 0.577. The summed E-state index contributed by atoms with van der Waals surface area (Å²) in [5, 5.41) is 9.85. The summed E-state index contributed by atoms with van der Waals surface area (Å²) in [4.78, 5) is 12.2. The van der Waals surface area contributed by atoms with Crippen LogP contribution in [0.2, 0.25) is 0 Å².